The van der Waals surface area contributed by atoms with Gasteiger partial charge in [0.2, 0.25) is 0 Å². The van der Waals surface area contributed by atoms with Crippen LogP contribution in [0.5, 0.6) is 5.75 Å². The molecule has 2 atom stereocenters. The number of hydrogen-bond donors (Lipinski definition) is 2. The zero-order valence-electron chi connectivity index (χ0n) is 12.3. The zero-order valence-corrected chi connectivity index (χ0v) is 12.3. The van der Waals surface area contributed by atoms with Gasteiger partial charge in [0.25, 0.3) is 0 Å². The monoisotopic (exact) mass is 290 g/mol. The topological polar surface area (TPSA) is 61.8 Å². The first-order valence-corrected chi connectivity index (χ1v) is 7.55. The third-order valence-electron chi connectivity index (χ3n) is 4.81. The number of fused-ring (bicyclic) bond motifs is 1. The molecule has 0 bridgehead atoms. The average Bonchev–Trinajstić information content (AvgIpc) is 2.88. The van der Waals surface area contributed by atoms with E-state index in [1.807, 2.05) is 24.3 Å². The van der Waals surface area contributed by atoms with E-state index >= 15 is 0 Å². The number of piperidine rings is 1. The van der Waals surface area contributed by atoms with E-state index in [4.69, 9.17) is 4.74 Å². The van der Waals surface area contributed by atoms with Crippen LogP contribution in [-0.2, 0) is 4.79 Å². The summed E-state index contributed by atoms with van der Waals surface area (Å²) in [4.78, 5) is 14.3. The molecule has 21 heavy (non-hydrogen) atoms. The van der Waals surface area contributed by atoms with Gasteiger partial charge in [-0.05, 0) is 50.1 Å². The van der Waals surface area contributed by atoms with Crippen molar-refractivity contribution in [3.05, 3.63) is 24.3 Å². The third kappa shape index (κ3) is 2.46. The van der Waals surface area contributed by atoms with Crippen LogP contribution in [0.15, 0.2) is 24.3 Å². The quantitative estimate of drug-likeness (QED) is 0.890. The highest BCUT2D eigenvalue weighted by Gasteiger charge is 2.53. The molecule has 0 spiro atoms. The Kier molecular flexibility index (Phi) is 3.76. The minimum Gasteiger partial charge on any atom is -0.497 e. The molecule has 1 aromatic rings. The number of benzene rings is 1. The van der Waals surface area contributed by atoms with Crippen LogP contribution in [0, 0.1) is 0 Å². The molecule has 2 N–H and O–H groups in total. The smallest absolute Gasteiger partial charge is 0.331 e. The van der Waals surface area contributed by atoms with E-state index < -0.39 is 11.5 Å². The molecule has 0 amide bonds. The van der Waals surface area contributed by atoms with Crippen molar-refractivity contribution in [3.63, 3.8) is 0 Å². The van der Waals surface area contributed by atoms with Crippen LogP contribution < -0.4 is 10.1 Å². The predicted molar refractivity (Wildman–Crippen MR) is 80.8 cm³/mol. The summed E-state index contributed by atoms with van der Waals surface area (Å²) in [6, 6.07) is 7.56. The zero-order chi connectivity index (χ0) is 14.9. The Morgan fingerprint density at radius 2 is 2.10 bits per heavy atom. The number of carbonyl (C=O) groups is 1. The van der Waals surface area contributed by atoms with E-state index in [9.17, 15) is 9.90 Å². The maximum atomic E-state index is 12.0. The molecule has 114 valence electrons. The number of hydrogen-bond acceptors (Lipinski definition) is 4. The van der Waals surface area contributed by atoms with Crippen molar-refractivity contribution in [2.45, 2.75) is 37.3 Å². The van der Waals surface area contributed by atoms with Crippen LogP contribution in [0.1, 0.15) is 25.7 Å². The van der Waals surface area contributed by atoms with Crippen molar-refractivity contribution in [1.82, 2.24) is 4.90 Å². The maximum absolute atomic E-state index is 12.0. The van der Waals surface area contributed by atoms with Crippen molar-refractivity contribution in [1.29, 1.82) is 0 Å². The lowest BCUT2D eigenvalue weighted by molar-refractivity contribution is -0.143. The molecule has 5 nitrogen and oxygen atoms in total. The van der Waals surface area contributed by atoms with Gasteiger partial charge in [-0.1, -0.05) is 6.42 Å². The second kappa shape index (κ2) is 5.56. The molecular weight excluding hydrogens is 268 g/mol. The molecule has 2 heterocycles. The molecule has 5 heteroatoms. The fourth-order valence-electron chi connectivity index (χ4n) is 3.68. The van der Waals surface area contributed by atoms with E-state index in [1.54, 1.807) is 7.11 Å². The van der Waals surface area contributed by atoms with Gasteiger partial charge in [-0.15, -0.1) is 0 Å². The third-order valence-corrected chi connectivity index (χ3v) is 4.81. The van der Waals surface area contributed by atoms with Crippen LogP contribution in [0.3, 0.4) is 0 Å². The number of aliphatic carboxylic acids is 1. The first-order valence-electron chi connectivity index (χ1n) is 7.55. The number of rotatable bonds is 4. The van der Waals surface area contributed by atoms with Gasteiger partial charge in [0.15, 0.2) is 5.54 Å². The summed E-state index contributed by atoms with van der Waals surface area (Å²) in [6.07, 6.45) is 3.89. The number of ether oxygens (including phenoxy) is 1. The fourth-order valence-corrected chi connectivity index (χ4v) is 3.68. The van der Waals surface area contributed by atoms with Gasteiger partial charge in [-0.25, -0.2) is 4.79 Å². The maximum Gasteiger partial charge on any atom is 0.331 e. The van der Waals surface area contributed by atoms with Gasteiger partial charge in [0, 0.05) is 18.3 Å². The average molecular weight is 290 g/mol. The Bertz CT molecular complexity index is 517. The first-order chi connectivity index (χ1) is 10.2. The summed E-state index contributed by atoms with van der Waals surface area (Å²) in [6.45, 7) is 1.88. The SMILES string of the molecule is COc1ccc(NC2(C(=O)O)CCN3CCCCC32)cc1. The lowest BCUT2D eigenvalue weighted by Gasteiger charge is -2.39. The highest BCUT2D eigenvalue weighted by atomic mass is 16.5. The van der Waals surface area contributed by atoms with Gasteiger partial charge in [0.05, 0.1) is 7.11 Å². The Morgan fingerprint density at radius 3 is 2.76 bits per heavy atom. The summed E-state index contributed by atoms with van der Waals surface area (Å²) in [5.74, 6) is 0.0309. The minimum atomic E-state index is -0.866. The number of nitrogens with zero attached hydrogens (tertiary/aromatic N) is 1. The summed E-state index contributed by atoms with van der Waals surface area (Å²) in [5.41, 5.74) is -0.0275. The summed E-state index contributed by atoms with van der Waals surface area (Å²) >= 11 is 0. The lowest BCUT2D eigenvalue weighted by atomic mass is 9.85. The second-order valence-electron chi connectivity index (χ2n) is 5.93. The Hall–Kier alpha value is -1.75. The number of carboxylic acid groups (broad SMARTS) is 1. The van der Waals surface area contributed by atoms with Crippen LogP contribution in [-0.4, -0.2) is 47.8 Å². The number of nitrogens with one attached hydrogen (secondary N) is 1. The van der Waals surface area contributed by atoms with Crippen molar-refractivity contribution < 1.29 is 14.6 Å². The Labute approximate surface area is 124 Å². The molecule has 2 saturated heterocycles. The lowest BCUT2D eigenvalue weighted by Crippen LogP contribution is -2.57. The molecule has 0 radical (unpaired) electrons. The second-order valence-corrected chi connectivity index (χ2v) is 5.93. The van der Waals surface area contributed by atoms with Gasteiger partial charge in [-0.2, -0.15) is 0 Å². The first kappa shape index (κ1) is 14.2. The van der Waals surface area contributed by atoms with Gasteiger partial charge < -0.3 is 15.2 Å². The molecule has 0 aliphatic carbocycles. The Morgan fingerprint density at radius 1 is 1.33 bits per heavy atom. The minimum absolute atomic E-state index is 0.0888. The highest BCUT2D eigenvalue weighted by Crippen LogP contribution is 2.38. The largest absolute Gasteiger partial charge is 0.497 e. The molecule has 1 aromatic carbocycles. The van der Waals surface area contributed by atoms with Gasteiger partial charge in [0.1, 0.15) is 5.75 Å². The summed E-state index contributed by atoms with van der Waals surface area (Å²) in [7, 11) is 1.62. The molecule has 0 saturated carbocycles. The van der Waals surface area contributed by atoms with Gasteiger partial charge >= 0.3 is 5.97 Å². The van der Waals surface area contributed by atoms with Crippen LogP contribution in [0.2, 0.25) is 0 Å². The van der Waals surface area contributed by atoms with E-state index in [-0.39, 0.29) is 6.04 Å². The molecular formula is C16H22N2O3. The van der Waals surface area contributed by atoms with Crippen molar-refractivity contribution in [2.75, 3.05) is 25.5 Å². The normalized spacial score (nSPS) is 28.9. The number of methoxy groups -OCH3 is 1. The van der Waals surface area contributed by atoms with E-state index in [0.717, 1.165) is 37.4 Å². The number of carboxylic acids is 1. The van der Waals surface area contributed by atoms with E-state index in [0.29, 0.717) is 6.42 Å². The van der Waals surface area contributed by atoms with E-state index in [1.165, 1.54) is 6.42 Å². The molecule has 2 aliphatic heterocycles. The van der Waals surface area contributed by atoms with Crippen LogP contribution >= 0.6 is 0 Å². The number of anilines is 1. The fraction of sp³-hybridized carbons (Fsp3) is 0.562. The van der Waals surface area contributed by atoms with E-state index in [2.05, 4.69) is 10.2 Å². The Balaban J connectivity index is 1.85. The molecule has 2 aliphatic rings. The van der Waals surface area contributed by atoms with Crippen molar-refractivity contribution >= 4 is 11.7 Å². The van der Waals surface area contributed by atoms with Crippen molar-refractivity contribution in [3.8, 4) is 5.75 Å². The summed E-state index contributed by atoms with van der Waals surface area (Å²) in [5, 5.41) is 13.2. The highest BCUT2D eigenvalue weighted by molar-refractivity contribution is 5.84. The summed E-state index contributed by atoms with van der Waals surface area (Å²) < 4.78 is 5.15. The molecule has 0 aromatic heterocycles. The van der Waals surface area contributed by atoms with Crippen LogP contribution in [0.4, 0.5) is 5.69 Å². The molecule has 2 fully saturated rings. The van der Waals surface area contributed by atoms with Crippen molar-refractivity contribution in [2.24, 2.45) is 0 Å². The molecule has 3 rings (SSSR count). The van der Waals surface area contributed by atoms with Crippen LogP contribution in [0.25, 0.3) is 0 Å². The molecule has 2 unspecified atom stereocenters. The predicted octanol–water partition coefficient (Wildman–Crippen LogP) is 2.19. The van der Waals surface area contributed by atoms with Gasteiger partial charge in [-0.3, -0.25) is 4.90 Å². The standard InChI is InChI=1S/C16H22N2O3/c1-21-13-7-5-12(6-8-13)17-16(15(19)20)9-11-18-10-3-2-4-14(16)18/h5-8,14,17H,2-4,9-11H2,1H3,(H,19,20).